The zero-order chi connectivity index (χ0) is 24.0. The minimum atomic E-state index is -1.83. The molecule has 0 radical (unpaired) electrons. The van der Waals surface area contributed by atoms with Gasteiger partial charge in [0.15, 0.2) is 18.7 Å². The Balaban J connectivity index is 2.00. The number of aliphatic hydroxyl groups excluding tert-OH is 8. The van der Waals surface area contributed by atoms with E-state index >= 15 is 0 Å². The summed E-state index contributed by atoms with van der Waals surface area (Å²) in [5.74, 6) is -0.783. The van der Waals surface area contributed by atoms with Gasteiger partial charge in [-0.1, -0.05) is 12.2 Å². The number of hydrogen-bond acceptors (Lipinski definition) is 13. The van der Waals surface area contributed by atoms with Crippen molar-refractivity contribution in [3.05, 3.63) is 12.2 Å². The summed E-state index contributed by atoms with van der Waals surface area (Å²) in [5.41, 5.74) is 0. The summed E-state index contributed by atoms with van der Waals surface area (Å²) in [5, 5.41) is 78.7. The lowest BCUT2D eigenvalue weighted by Crippen LogP contribution is -2.64. The first-order chi connectivity index (χ1) is 15.1. The minimum Gasteiger partial charge on any atom is -0.456 e. The Kier molecular flexibility index (Phi) is 10.4. The van der Waals surface area contributed by atoms with Gasteiger partial charge >= 0.3 is 5.97 Å². The van der Waals surface area contributed by atoms with Gasteiger partial charge in [-0.25, -0.2) is 0 Å². The van der Waals surface area contributed by atoms with Crippen LogP contribution in [0.3, 0.4) is 0 Å². The van der Waals surface area contributed by atoms with Crippen molar-refractivity contribution in [3.63, 3.8) is 0 Å². The molecule has 13 heteroatoms. The molecule has 11 atom stereocenters. The molecular weight excluding hydrogens is 436 g/mol. The third kappa shape index (κ3) is 6.65. The predicted octanol–water partition coefficient (Wildman–Crippen LogP) is -4.13. The first-order valence-corrected chi connectivity index (χ1v) is 10.2. The Morgan fingerprint density at radius 2 is 1.53 bits per heavy atom. The highest BCUT2D eigenvalue weighted by molar-refractivity contribution is 5.71. The van der Waals surface area contributed by atoms with Crippen molar-refractivity contribution in [1.82, 2.24) is 0 Å². The zero-order valence-corrected chi connectivity index (χ0v) is 17.5. The topological polar surface area (TPSA) is 216 Å². The van der Waals surface area contributed by atoms with Crippen LogP contribution in [0, 0.1) is 0 Å². The van der Waals surface area contributed by atoms with Crippen molar-refractivity contribution < 1.29 is 64.6 Å². The molecule has 0 saturated carbocycles. The summed E-state index contributed by atoms with van der Waals surface area (Å²) in [4.78, 5) is 12.0. The molecule has 186 valence electrons. The lowest BCUT2D eigenvalue weighted by Gasteiger charge is -2.45. The van der Waals surface area contributed by atoms with Crippen LogP contribution in [0.1, 0.15) is 19.8 Å². The second-order valence-electron chi connectivity index (χ2n) is 7.75. The van der Waals surface area contributed by atoms with E-state index in [9.17, 15) is 40.5 Å². The summed E-state index contributed by atoms with van der Waals surface area (Å²) in [7, 11) is 0. The number of ether oxygens (including phenoxy) is 4. The molecule has 2 saturated heterocycles. The molecule has 2 aliphatic rings. The minimum absolute atomic E-state index is 0.189. The molecule has 2 rings (SSSR count). The van der Waals surface area contributed by atoms with E-state index in [0.29, 0.717) is 6.42 Å². The summed E-state index contributed by atoms with van der Waals surface area (Å²) in [6, 6.07) is 0. The molecule has 0 aliphatic carbocycles. The van der Waals surface area contributed by atoms with Gasteiger partial charge in [-0.15, -0.1) is 0 Å². The molecule has 0 amide bonds. The van der Waals surface area contributed by atoms with Crippen molar-refractivity contribution in [2.45, 2.75) is 87.3 Å². The molecular formula is C19H32O13. The van der Waals surface area contributed by atoms with Gasteiger partial charge in [0.1, 0.15) is 42.7 Å². The van der Waals surface area contributed by atoms with Gasteiger partial charge in [0.05, 0.1) is 25.7 Å². The molecule has 5 unspecified atom stereocenters. The van der Waals surface area contributed by atoms with Crippen LogP contribution in [0.15, 0.2) is 12.2 Å². The molecule has 32 heavy (non-hydrogen) atoms. The number of hydrogen-bond donors (Lipinski definition) is 8. The summed E-state index contributed by atoms with van der Waals surface area (Å²) in [6.07, 6.45) is -13.5. The van der Waals surface area contributed by atoms with E-state index in [-0.39, 0.29) is 6.42 Å². The Labute approximate surface area is 184 Å². The van der Waals surface area contributed by atoms with Gasteiger partial charge in [0.2, 0.25) is 0 Å². The van der Waals surface area contributed by atoms with Crippen LogP contribution in [0.25, 0.3) is 0 Å². The molecule has 13 nitrogen and oxygen atoms in total. The number of rotatable bonds is 9. The second-order valence-corrected chi connectivity index (χ2v) is 7.75. The summed E-state index contributed by atoms with van der Waals surface area (Å²) >= 11 is 0. The fraction of sp³-hybridized carbons (Fsp3) is 0.842. The summed E-state index contributed by atoms with van der Waals surface area (Å²) in [6.45, 7) is 0.158. The first kappa shape index (κ1) is 27.0. The van der Waals surface area contributed by atoms with Crippen molar-refractivity contribution in [1.29, 1.82) is 0 Å². The lowest BCUT2D eigenvalue weighted by molar-refractivity contribution is -0.362. The Morgan fingerprint density at radius 1 is 0.906 bits per heavy atom. The molecule has 0 aromatic carbocycles. The molecule has 0 aromatic heterocycles. The largest absolute Gasteiger partial charge is 0.456 e. The zero-order valence-electron chi connectivity index (χ0n) is 17.5. The van der Waals surface area contributed by atoms with Gasteiger partial charge in [0, 0.05) is 0 Å². The van der Waals surface area contributed by atoms with E-state index in [1.165, 1.54) is 6.08 Å². The smallest absolute Gasteiger partial charge is 0.310 e. The van der Waals surface area contributed by atoms with Gasteiger partial charge < -0.3 is 59.8 Å². The highest BCUT2D eigenvalue weighted by Crippen LogP contribution is 2.29. The van der Waals surface area contributed by atoms with Crippen LogP contribution in [-0.4, -0.2) is 128 Å². The van der Waals surface area contributed by atoms with Crippen LogP contribution in [-0.2, 0) is 23.7 Å². The maximum Gasteiger partial charge on any atom is 0.310 e. The molecule has 2 heterocycles. The normalized spacial score (nSPS) is 41.5. The van der Waals surface area contributed by atoms with Crippen molar-refractivity contribution >= 4 is 5.97 Å². The second kappa shape index (κ2) is 12.3. The van der Waals surface area contributed by atoms with E-state index in [4.69, 9.17) is 24.1 Å². The first-order valence-electron chi connectivity index (χ1n) is 10.2. The lowest BCUT2D eigenvalue weighted by atomic mass is 9.97. The quantitative estimate of drug-likeness (QED) is 0.119. The van der Waals surface area contributed by atoms with Crippen LogP contribution in [0.5, 0.6) is 0 Å². The van der Waals surface area contributed by atoms with E-state index in [1.807, 2.05) is 0 Å². The maximum absolute atomic E-state index is 12.0. The van der Waals surface area contributed by atoms with Gasteiger partial charge in [-0.05, 0) is 13.3 Å². The van der Waals surface area contributed by atoms with Crippen LogP contribution in [0.2, 0.25) is 0 Å². The molecule has 2 aliphatic heterocycles. The fourth-order valence-electron chi connectivity index (χ4n) is 3.36. The summed E-state index contributed by atoms with van der Waals surface area (Å²) < 4.78 is 20.7. The van der Waals surface area contributed by atoms with E-state index in [1.54, 1.807) is 13.0 Å². The van der Waals surface area contributed by atoms with E-state index < -0.39 is 86.7 Å². The standard InChI is InChI=1S/C19H32O13/c1-8(22)4-2-3-5-11(23)31-16-10(7-21)30-19(15(27)14(16)26)32-17-13(25)12(24)9(6-20)29-18(17)28/h2-3,8-10,12-22,24-28H,4-7H2,1H3/t8?,9?,10?,12-,13?,14?,15+,16-,17+,18-,19+/m1/s1. The number of carbonyl (C=O) groups is 1. The highest BCUT2D eigenvalue weighted by atomic mass is 16.7. The van der Waals surface area contributed by atoms with Gasteiger partial charge in [-0.3, -0.25) is 4.79 Å². The van der Waals surface area contributed by atoms with Crippen LogP contribution >= 0.6 is 0 Å². The van der Waals surface area contributed by atoms with Crippen LogP contribution in [0.4, 0.5) is 0 Å². The third-order valence-corrected chi connectivity index (χ3v) is 5.15. The Morgan fingerprint density at radius 3 is 2.12 bits per heavy atom. The predicted molar refractivity (Wildman–Crippen MR) is 103 cm³/mol. The van der Waals surface area contributed by atoms with Gasteiger partial charge in [0.25, 0.3) is 0 Å². The molecule has 2 fully saturated rings. The molecule has 0 spiro atoms. The number of aliphatic hydroxyl groups is 8. The van der Waals surface area contributed by atoms with Crippen molar-refractivity contribution in [2.75, 3.05) is 13.2 Å². The maximum atomic E-state index is 12.0. The molecule has 8 N–H and O–H groups in total. The fourth-order valence-corrected chi connectivity index (χ4v) is 3.36. The average Bonchev–Trinajstić information content (AvgIpc) is 2.75. The average molecular weight is 468 g/mol. The Hall–Kier alpha value is -1.23. The monoisotopic (exact) mass is 468 g/mol. The number of carbonyl (C=O) groups excluding carboxylic acids is 1. The van der Waals surface area contributed by atoms with E-state index in [2.05, 4.69) is 0 Å². The molecule has 0 bridgehead atoms. The van der Waals surface area contributed by atoms with Crippen molar-refractivity contribution in [2.24, 2.45) is 0 Å². The molecule has 0 aromatic rings. The van der Waals surface area contributed by atoms with Gasteiger partial charge in [-0.2, -0.15) is 0 Å². The third-order valence-electron chi connectivity index (χ3n) is 5.15. The SMILES string of the molecule is CC(O)CC=CCC(=O)O[C@@H]1C(CO)O[C@@H](O[C@H]2C(O)[C@H](O)C(CO)O[C@H]2O)[C@@H](O)C1O. The van der Waals surface area contributed by atoms with Crippen molar-refractivity contribution in [3.8, 4) is 0 Å². The number of esters is 1. The highest BCUT2D eigenvalue weighted by Gasteiger charge is 2.51. The van der Waals surface area contributed by atoms with E-state index in [0.717, 1.165) is 0 Å². The van der Waals surface area contributed by atoms with Crippen LogP contribution < -0.4 is 0 Å². The Bertz CT molecular complexity index is 612.